The van der Waals surface area contributed by atoms with Gasteiger partial charge < -0.3 is 10.4 Å². The number of nitrogens with one attached hydrogen (secondary N) is 1. The number of hydrogen-bond donors (Lipinski definition) is 2. The summed E-state index contributed by atoms with van der Waals surface area (Å²) in [6.45, 7) is 0.0336. The topological polar surface area (TPSA) is 62.2 Å². The first-order valence-electron chi connectivity index (χ1n) is 6.84. The van der Waals surface area contributed by atoms with Gasteiger partial charge in [-0.15, -0.1) is 0 Å². The minimum absolute atomic E-state index is 0.0336. The lowest BCUT2D eigenvalue weighted by Crippen LogP contribution is -2.28. The van der Waals surface area contributed by atoms with Gasteiger partial charge in [0, 0.05) is 19.2 Å². The molecule has 2 N–H and O–H groups in total. The van der Waals surface area contributed by atoms with Gasteiger partial charge >= 0.3 is 0 Å². The molecule has 4 nitrogen and oxygen atoms in total. The number of pyridine rings is 1. The van der Waals surface area contributed by atoms with Crippen molar-refractivity contribution in [2.24, 2.45) is 0 Å². The predicted molar refractivity (Wildman–Crippen MR) is 76.9 cm³/mol. The van der Waals surface area contributed by atoms with E-state index in [9.17, 15) is 18.7 Å². The van der Waals surface area contributed by atoms with E-state index in [0.29, 0.717) is 17.5 Å². The number of aliphatic hydroxyl groups is 1. The molecular formula is C16H16F2N2O2. The molecule has 1 aromatic heterocycles. The maximum absolute atomic E-state index is 12.9. The molecule has 0 aliphatic carbocycles. The molecule has 1 aromatic carbocycles. The SMILES string of the molecule is O=C(CCc1cncc(F)c1)NCC(O)c1ccc(F)cc1. The van der Waals surface area contributed by atoms with Gasteiger partial charge in [-0.2, -0.15) is 0 Å². The molecule has 0 saturated heterocycles. The second-order valence-corrected chi connectivity index (χ2v) is 4.88. The van der Waals surface area contributed by atoms with Crippen LogP contribution in [0.5, 0.6) is 0 Å². The first-order chi connectivity index (χ1) is 10.5. The van der Waals surface area contributed by atoms with Crippen molar-refractivity contribution < 1.29 is 18.7 Å². The predicted octanol–water partition coefficient (Wildman–Crippen LogP) is 2.14. The number of halogens is 2. The van der Waals surface area contributed by atoms with Crippen molar-refractivity contribution in [3.8, 4) is 0 Å². The van der Waals surface area contributed by atoms with Crippen LogP contribution in [0.25, 0.3) is 0 Å². The van der Waals surface area contributed by atoms with E-state index >= 15 is 0 Å². The van der Waals surface area contributed by atoms with E-state index in [1.165, 1.54) is 36.5 Å². The normalized spacial score (nSPS) is 12.0. The van der Waals surface area contributed by atoms with Crippen LogP contribution < -0.4 is 5.32 Å². The van der Waals surface area contributed by atoms with Crippen molar-refractivity contribution in [3.63, 3.8) is 0 Å². The van der Waals surface area contributed by atoms with E-state index < -0.39 is 11.9 Å². The van der Waals surface area contributed by atoms with Gasteiger partial charge in [0.25, 0.3) is 0 Å². The largest absolute Gasteiger partial charge is 0.387 e. The molecular weight excluding hydrogens is 290 g/mol. The fraction of sp³-hybridized carbons (Fsp3) is 0.250. The molecule has 1 heterocycles. The highest BCUT2D eigenvalue weighted by atomic mass is 19.1. The van der Waals surface area contributed by atoms with Gasteiger partial charge in [-0.1, -0.05) is 12.1 Å². The summed E-state index contributed by atoms with van der Waals surface area (Å²) in [5.41, 5.74) is 1.16. The maximum atomic E-state index is 12.9. The van der Waals surface area contributed by atoms with Gasteiger partial charge in [0.2, 0.25) is 5.91 Å². The summed E-state index contributed by atoms with van der Waals surface area (Å²) in [6.07, 6.45) is 2.23. The lowest BCUT2D eigenvalue weighted by Gasteiger charge is -2.12. The molecule has 0 radical (unpaired) electrons. The van der Waals surface area contributed by atoms with Crippen molar-refractivity contribution in [2.75, 3.05) is 6.54 Å². The zero-order chi connectivity index (χ0) is 15.9. The van der Waals surface area contributed by atoms with Gasteiger partial charge in [-0.3, -0.25) is 9.78 Å². The number of amides is 1. The van der Waals surface area contributed by atoms with Gasteiger partial charge in [-0.05, 0) is 35.7 Å². The van der Waals surface area contributed by atoms with E-state index in [2.05, 4.69) is 10.3 Å². The van der Waals surface area contributed by atoms with Crippen molar-refractivity contribution in [1.82, 2.24) is 10.3 Å². The Balaban J connectivity index is 1.76. The first kappa shape index (κ1) is 16.0. The minimum atomic E-state index is -0.902. The lowest BCUT2D eigenvalue weighted by molar-refractivity contribution is -0.121. The second kappa shape index (κ2) is 7.61. The molecule has 1 atom stereocenters. The van der Waals surface area contributed by atoms with E-state index in [1.54, 1.807) is 0 Å². The number of nitrogens with zero attached hydrogens (tertiary/aromatic N) is 1. The lowest BCUT2D eigenvalue weighted by atomic mass is 10.1. The average molecular weight is 306 g/mol. The standard InChI is InChI=1S/C16H16F2N2O2/c17-13-4-2-12(3-5-13)15(21)10-20-16(22)6-1-11-7-14(18)9-19-8-11/h2-5,7-9,15,21H,1,6,10H2,(H,20,22). The zero-order valence-corrected chi connectivity index (χ0v) is 11.8. The molecule has 1 unspecified atom stereocenters. The van der Waals surface area contributed by atoms with E-state index in [-0.39, 0.29) is 24.7 Å². The highest BCUT2D eigenvalue weighted by Crippen LogP contribution is 2.12. The summed E-state index contributed by atoms with van der Waals surface area (Å²) in [5, 5.41) is 12.5. The van der Waals surface area contributed by atoms with Crippen molar-refractivity contribution in [3.05, 3.63) is 65.5 Å². The molecule has 6 heteroatoms. The van der Waals surface area contributed by atoms with Crippen LogP contribution in [0, 0.1) is 11.6 Å². The average Bonchev–Trinajstić information content (AvgIpc) is 2.51. The smallest absolute Gasteiger partial charge is 0.220 e. The van der Waals surface area contributed by atoms with Crippen LogP contribution in [-0.4, -0.2) is 22.5 Å². The third-order valence-electron chi connectivity index (χ3n) is 3.15. The summed E-state index contributed by atoms with van der Waals surface area (Å²) in [5.74, 6) is -1.08. The van der Waals surface area contributed by atoms with E-state index in [1.807, 2.05) is 0 Å². The molecule has 0 aliphatic heterocycles. The summed E-state index contributed by atoms with van der Waals surface area (Å²) in [4.78, 5) is 15.4. The van der Waals surface area contributed by atoms with Gasteiger partial charge in [0.1, 0.15) is 11.6 Å². The zero-order valence-electron chi connectivity index (χ0n) is 11.8. The van der Waals surface area contributed by atoms with E-state index in [0.717, 1.165) is 6.20 Å². The van der Waals surface area contributed by atoms with Crippen LogP contribution >= 0.6 is 0 Å². The fourth-order valence-electron chi connectivity index (χ4n) is 1.95. The molecule has 116 valence electrons. The Kier molecular flexibility index (Phi) is 5.55. The Labute approximate surface area is 126 Å². The number of carbonyl (C=O) groups excluding carboxylic acids is 1. The molecule has 1 amide bonds. The Hall–Kier alpha value is -2.34. The second-order valence-electron chi connectivity index (χ2n) is 4.88. The van der Waals surface area contributed by atoms with Crippen molar-refractivity contribution in [1.29, 1.82) is 0 Å². The van der Waals surface area contributed by atoms with Gasteiger partial charge in [0.15, 0.2) is 0 Å². The number of hydrogen-bond acceptors (Lipinski definition) is 3. The molecule has 0 aliphatic rings. The third kappa shape index (κ3) is 4.89. The molecule has 0 fully saturated rings. The quantitative estimate of drug-likeness (QED) is 0.859. The summed E-state index contributed by atoms with van der Waals surface area (Å²) < 4.78 is 25.7. The number of benzene rings is 1. The maximum Gasteiger partial charge on any atom is 0.220 e. The van der Waals surface area contributed by atoms with Crippen LogP contribution in [0.4, 0.5) is 8.78 Å². The Morgan fingerprint density at radius 3 is 2.59 bits per heavy atom. The van der Waals surface area contributed by atoms with Crippen LogP contribution in [0.1, 0.15) is 23.7 Å². The Bertz CT molecular complexity index is 632. The van der Waals surface area contributed by atoms with Crippen molar-refractivity contribution >= 4 is 5.91 Å². The molecule has 2 rings (SSSR count). The number of aliphatic hydroxyl groups excluding tert-OH is 1. The highest BCUT2D eigenvalue weighted by Gasteiger charge is 2.10. The Morgan fingerprint density at radius 1 is 1.18 bits per heavy atom. The van der Waals surface area contributed by atoms with Gasteiger partial charge in [-0.25, -0.2) is 8.78 Å². The molecule has 0 bridgehead atoms. The molecule has 0 saturated carbocycles. The van der Waals surface area contributed by atoms with E-state index in [4.69, 9.17) is 0 Å². The number of aromatic nitrogens is 1. The molecule has 2 aromatic rings. The van der Waals surface area contributed by atoms with Crippen LogP contribution in [0.15, 0.2) is 42.7 Å². The molecule has 22 heavy (non-hydrogen) atoms. The van der Waals surface area contributed by atoms with Gasteiger partial charge in [0.05, 0.1) is 12.3 Å². The monoisotopic (exact) mass is 306 g/mol. The fourth-order valence-corrected chi connectivity index (χ4v) is 1.95. The number of aryl methyl sites for hydroxylation is 1. The molecule has 0 spiro atoms. The van der Waals surface area contributed by atoms with Crippen LogP contribution in [-0.2, 0) is 11.2 Å². The third-order valence-corrected chi connectivity index (χ3v) is 3.15. The number of rotatable bonds is 6. The summed E-state index contributed by atoms with van der Waals surface area (Å²) in [6, 6.07) is 6.75. The summed E-state index contributed by atoms with van der Waals surface area (Å²) >= 11 is 0. The number of carbonyl (C=O) groups is 1. The Morgan fingerprint density at radius 2 is 1.91 bits per heavy atom. The van der Waals surface area contributed by atoms with Crippen molar-refractivity contribution in [2.45, 2.75) is 18.9 Å². The van der Waals surface area contributed by atoms with Crippen LogP contribution in [0.2, 0.25) is 0 Å². The minimum Gasteiger partial charge on any atom is -0.387 e. The first-order valence-corrected chi connectivity index (χ1v) is 6.84. The summed E-state index contributed by atoms with van der Waals surface area (Å²) in [7, 11) is 0. The highest BCUT2D eigenvalue weighted by molar-refractivity contribution is 5.76. The van der Waals surface area contributed by atoms with Crippen LogP contribution in [0.3, 0.4) is 0 Å².